The molecule has 2 aromatic rings. The van der Waals surface area contributed by atoms with Gasteiger partial charge in [-0.05, 0) is 43.9 Å². The van der Waals surface area contributed by atoms with Crippen LogP contribution in [-0.4, -0.2) is 38.6 Å². The zero-order chi connectivity index (χ0) is 19.0. The van der Waals surface area contributed by atoms with Gasteiger partial charge in [0, 0.05) is 10.4 Å². The van der Waals surface area contributed by atoms with Crippen molar-refractivity contribution in [3.63, 3.8) is 0 Å². The fourth-order valence-electron chi connectivity index (χ4n) is 4.30. The molecule has 0 bridgehead atoms. The summed E-state index contributed by atoms with van der Waals surface area (Å²) in [5.41, 5.74) is -1.87. The molecule has 3 rings (SSSR count). The number of rotatable bonds is 5. The molecule has 7 heteroatoms. The van der Waals surface area contributed by atoms with Crippen LogP contribution >= 0.6 is 11.6 Å². The molecule has 1 N–H and O–H groups in total. The lowest BCUT2D eigenvalue weighted by Crippen LogP contribution is -2.58. The fraction of sp³-hybridized carbons (Fsp3) is 0.526. The standard InChI is InChI=1S/C19H24ClN3O3/c1-17(10-14-4-6-15(20)7-5-14)8-9-18(2,16(24)26-3)19(17,25)11-23-13-21-12-22-23/h4-7,12-13,25H,8-11H2,1-3H3. The van der Waals surface area contributed by atoms with Crippen LogP contribution in [0.15, 0.2) is 36.9 Å². The van der Waals surface area contributed by atoms with Crippen molar-refractivity contribution in [2.45, 2.75) is 45.3 Å². The first-order chi connectivity index (χ1) is 12.2. The van der Waals surface area contributed by atoms with Gasteiger partial charge in [-0.2, -0.15) is 5.10 Å². The smallest absolute Gasteiger partial charge is 0.314 e. The van der Waals surface area contributed by atoms with Crippen molar-refractivity contribution in [2.24, 2.45) is 10.8 Å². The Hall–Kier alpha value is -1.92. The van der Waals surface area contributed by atoms with Crippen LogP contribution < -0.4 is 0 Å². The minimum atomic E-state index is -1.35. The fourth-order valence-corrected chi connectivity index (χ4v) is 4.43. The number of esters is 1. The number of halogens is 1. The molecule has 1 aliphatic carbocycles. The highest BCUT2D eigenvalue weighted by atomic mass is 35.5. The van der Waals surface area contributed by atoms with E-state index in [1.165, 1.54) is 13.4 Å². The summed E-state index contributed by atoms with van der Waals surface area (Å²) >= 11 is 5.99. The molecule has 6 nitrogen and oxygen atoms in total. The van der Waals surface area contributed by atoms with E-state index >= 15 is 0 Å². The van der Waals surface area contributed by atoms with Crippen molar-refractivity contribution >= 4 is 17.6 Å². The third kappa shape index (κ3) is 2.91. The topological polar surface area (TPSA) is 77.2 Å². The van der Waals surface area contributed by atoms with Gasteiger partial charge in [-0.3, -0.25) is 9.48 Å². The van der Waals surface area contributed by atoms with Gasteiger partial charge >= 0.3 is 5.97 Å². The van der Waals surface area contributed by atoms with Gasteiger partial charge in [0.05, 0.1) is 19.1 Å². The first kappa shape index (κ1) is 18.9. The Morgan fingerprint density at radius 3 is 2.58 bits per heavy atom. The molecule has 1 fully saturated rings. The number of hydrogen-bond donors (Lipinski definition) is 1. The zero-order valence-electron chi connectivity index (χ0n) is 15.3. The number of aromatic nitrogens is 3. The molecule has 0 spiro atoms. The second-order valence-electron chi connectivity index (χ2n) is 7.64. The summed E-state index contributed by atoms with van der Waals surface area (Å²) in [6, 6.07) is 7.59. The molecule has 0 radical (unpaired) electrons. The van der Waals surface area contributed by atoms with Crippen LogP contribution in [-0.2, 0) is 22.5 Å². The van der Waals surface area contributed by atoms with Crippen molar-refractivity contribution < 1.29 is 14.6 Å². The Morgan fingerprint density at radius 2 is 2.00 bits per heavy atom. The second-order valence-corrected chi connectivity index (χ2v) is 8.08. The van der Waals surface area contributed by atoms with Crippen molar-refractivity contribution in [1.82, 2.24) is 14.8 Å². The number of hydrogen-bond acceptors (Lipinski definition) is 5. The number of ether oxygens (including phenoxy) is 1. The van der Waals surface area contributed by atoms with E-state index in [4.69, 9.17) is 16.3 Å². The molecule has 0 saturated heterocycles. The number of methoxy groups -OCH3 is 1. The van der Waals surface area contributed by atoms with Crippen molar-refractivity contribution in [2.75, 3.05) is 7.11 Å². The SMILES string of the molecule is COC(=O)C1(C)CCC(C)(Cc2ccc(Cl)cc2)C1(O)Cn1cncn1. The number of aliphatic hydroxyl groups is 1. The Labute approximate surface area is 158 Å². The monoisotopic (exact) mass is 377 g/mol. The second kappa shape index (κ2) is 6.67. The average molecular weight is 378 g/mol. The van der Waals surface area contributed by atoms with Crippen LogP contribution in [0.3, 0.4) is 0 Å². The maximum Gasteiger partial charge on any atom is 0.314 e. The van der Waals surface area contributed by atoms with E-state index in [-0.39, 0.29) is 6.54 Å². The molecule has 0 aliphatic heterocycles. The molecular formula is C19H24ClN3O3. The normalized spacial score (nSPS) is 31.1. The third-order valence-corrected chi connectivity index (χ3v) is 6.34. The summed E-state index contributed by atoms with van der Waals surface area (Å²) in [5, 5.41) is 16.7. The van der Waals surface area contributed by atoms with E-state index in [0.717, 1.165) is 5.56 Å². The van der Waals surface area contributed by atoms with Crippen LogP contribution in [0.25, 0.3) is 0 Å². The molecule has 1 aromatic carbocycles. The quantitative estimate of drug-likeness (QED) is 0.810. The molecule has 1 heterocycles. The zero-order valence-corrected chi connectivity index (χ0v) is 16.0. The summed E-state index contributed by atoms with van der Waals surface area (Å²) in [6.07, 6.45) is 4.81. The van der Waals surface area contributed by atoms with Crippen LogP contribution in [0.5, 0.6) is 0 Å². The van der Waals surface area contributed by atoms with Crippen molar-refractivity contribution in [3.8, 4) is 0 Å². The molecule has 140 valence electrons. The van der Waals surface area contributed by atoms with Crippen molar-refractivity contribution in [3.05, 3.63) is 47.5 Å². The van der Waals surface area contributed by atoms with Crippen LogP contribution in [0.2, 0.25) is 5.02 Å². The molecule has 26 heavy (non-hydrogen) atoms. The third-order valence-electron chi connectivity index (χ3n) is 6.09. The van der Waals surface area contributed by atoms with Crippen molar-refractivity contribution in [1.29, 1.82) is 0 Å². The highest BCUT2D eigenvalue weighted by Gasteiger charge is 2.67. The van der Waals surface area contributed by atoms with E-state index in [1.54, 1.807) is 17.9 Å². The lowest BCUT2D eigenvalue weighted by molar-refractivity contribution is -0.182. The number of carbonyl (C=O) groups excluding carboxylic acids is 1. The van der Waals surface area contributed by atoms with E-state index in [2.05, 4.69) is 10.1 Å². The average Bonchev–Trinajstić information content (AvgIpc) is 3.19. The number of nitrogens with zero attached hydrogens (tertiary/aromatic N) is 3. The molecule has 3 unspecified atom stereocenters. The Bertz CT molecular complexity index is 780. The summed E-state index contributed by atoms with van der Waals surface area (Å²) in [7, 11) is 1.36. The molecule has 1 aliphatic rings. The van der Waals surface area contributed by atoms with Gasteiger partial charge in [-0.1, -0.05) is 30.7 Å². The number of carbonyl (C=O) groups is 1. The van der Waals surface area contributed by atoms with E-state index in [9.17, 15) is 9.90 Å². The lowest BCUT2D eigenvalue weighted by Gasteiger charge is -2.46. The van der Waals surface area contributed by atoms with Gasteiger partial charge in [0.25, 0.3) is 0 Å². The van der Waals surface area contributed by atoms with Gasteiger partial charge in [0.2, 0.25) is 0 Å². The van der Waals surface area contributed by atoms with Gasteiger partial charge in [-0.25, -0.2) is 4.98 Å². The van der Waals surface area contributed by atoms with E-state index in [0.29, 0.717) is 24.3 Å². The number of benzene rings is 1. The van der Waals surface area contributed by atoms with Crippen LogP contribution in [0, 0.1) is 10.8 Å². The highest BCUT2D eigenvalue weighted by Crippen LogP contribution is 2.59. The Balaban J connectivity index is 2.02. The maximum atomic E-state index is 12.6. The van der Waals surface area contributed by atoms with E-state index < -0.39 is 22.4 Å². The molecule has 1 saturated carbocycles. The van der Waals surface area contributed by atoms with Gasteiger partial charge in [0.15, 0.2) is 0 Å². The first-order valence-electron chi connectivity index (χ1n) is 8.62. The summed E-state index contributed by atoms with van der Waals surface area (Å²) in [5.74, 6) is -0.403. The highest BCUT2D eigenvalue weighted by molar-refractivity contribution is 6.30. The summed E-state index contributed by atoms with van der Waals surface area (Å²) in [6.45, 7) is 3.97. The molecule has 3 atom stereocenters. The van der Waals surface area contributed by atoms with Gasteiger partial charge in [-0.15, -0.1) is 0 Å². The predicted molar refractivity (Wildman–Crippen MR) is 97.6 cm³/mol. The molecular weight excluding hydrogens is 354 g/mol. The Morgan fingerprint density at radius 1 is 1.31 bits per heavy atom. The lowest BCUT2D eigenvalue weighted by atomic mass is 9.64. The largest absolute Gasteiger partial charge is 0.469 e. The minimum Gasteiger partial charge on any atom is -0.469 e. The minimum absolute atomic E-state index is 0.169. The summed E-state index contributed by atoms with van der Waals surface area (Å²) in [4.78, 5) is 16.6. The van der Waals surface area contributed by atoms with Crippen LogP contribution in [0.4, 0.5) is 0 Å². The Kier molecular flexibility index (Phi) is 4.84. The molecule has 0 amide bonds. The summed E-state index contributed by atoms with van der Waals surface area (Å²) < 4.78 is 6.63. The van der Waals surface area contributed by atoms with Crippen LogP contribution in [0.1, 0.15) is 32.3 Å². The maximum absolute atomic E-state index is 12.6. The van der Waals surface area contributed by atoms with Gasteiger partial charge in [0.1, 0.15) is 18.3 Å². The molecule has 1 aromatic heterocycles. The predicted octanol–water partition coefficient (Wildman–Crippen LogP) is 2.88. The van der Waals surface area contributed by atoms with E-state index in [1.807, 2.05) is 31.2 Å². The first-order valence-corrected chi connectivity index (χ1v) is 9.00. The van der Waals surface area contributed by atoms with Gasteiger partial charge < -0.3 is 9.84 Å².